The summed E-state index contributed by atoms with van der Waals surface area (Å²) in [5.41, 5.74) is 2.85. The van der Waals surface area contributed by atoms with Gasteiger partial charge in [-0.15, -0.1) is 0 Å². The highest BCUT2D eigenvalue weighted by Crippen LogP contribution is 2.13. The minimum atomic E-state index is -0.0204. The Morgan fingerprint density at radius 2 is 1.70 bits per heavy atom. The summed E-state index contributed by atoms with van der Waals surface area (Å²) in [4.78, 5) is 14.4. The lowest BCUT2D eigenvalue weighted by Crippen LogP contribution is -2.31. The predicted octanol–water partition coefficient (Wildman–Crippen LogP) is 4.15. The van der Waals surface area contributed by atoms with Crippen molar-refractivity contribution in [2.45, 2.75) is 19.4 Å². The molecule has 0 aliphatic carbocycles. The highest BCUT2D eigenvalue weighted by Gasteiger charge is 2.17. The molecule has 23 heavy (non-hydrogen) atoms. The van der Waals surface area contributed by atoms with Crippen LogP contribution in [0.1, 0.15) is 27.9 Å². The lowest BCUT2D eigenvalue weighted by atomic mass is 10.1. The first-order chi connectivity index (χ1) is 11.3. The van der Waals surface area contributed by atoms with Gasteiger partial charge in [0.15, 0.2) is 0 Å². The van der Waals surface area contributed by atoms with Gasteiger partial charge in [0, 0.05) is 18.7 Å². The van der Waals surface area contributed by atoms with E-state index in [1.807, 2.05) is 29.2 Å². The molecule has 0 atom stereocenters. The fraction of sp³-hybridized carbons (Fsp3) is 0.211. The van der Waals surface area contributed by atoms with E-state index in [0.29, 0.717) is 18.7 Å². The largest absolute Gasteiger partial charge is 0.472 e. The quantitative estimate of drug-likeness (QED) is 0.658. The molecule has 4 nitrogen and oxygen atoms in total. The molecule has 3 rings (SSSR count). The van der Waals surface area contributed by atoms with Crippen molar-refractivity contribution in [2.24, 2.45) is 0 Å². The van der Waals surface area contributed by atoms with Gasteiger partial charge in [0.25, 0.3) is 5.91 Å². The van der Waals surface area contributed by atoms with Gasteiger partial charge in [-0.05, 0) is 30.5 Å². The molecule has 118 valence electrons. The summed E-state index contributed by atoms with van der Waals surface area (Å²) in [5, 5.41) is 0. The van der Waals surface area contributed by atoms with Crippen LogP contribution in [-0.4, -0.2) is 17.4 Å². The van der Waals surface area contributed by atoms with Crippen LogP contribution in [0.4, 0.5) is 0 Å². The Hall–Kier alpha value is -2.75. The third-order valence-corrected chi connectivity index (χ3v) is 3.75. The Kier molecular flexibility index (Phi) is 4.94. The van der Waals surface area contributed by atoms with Gasteiger partial charge in [0.1, 0.15) is 6.26 Å². The smallest absolute Gasteiger partial charge is 0.257 e. The van der Waals surface area contributed by atoms with E-state index in [4.69, 9.17) is 8.83 Å². The van der Waals surface area contributed by atoms with Gasteiger partial charge in [-0.2, -0.15) is 0 Å². The van der Waals surface area contributed by atoms with Gasteiger partial charge < -0.3 is 13.7 Å². The number of amides is 1. The van der Waals surface area contributed by atoms with Crippen molar-refractivity contribution in [2.75, 3.05) is 6.54 Å². The minimum Gasteiger partial charge on any atom is -0.472 e. The summed E-state index contributed by atoms with van der Waals surface area (Å²) < 4.78 is 10.1. The van der Waals surface area contributed by atoms with Crippen LogP contribution < -0.4 is 0 Å². The molecule has 1 amide bonds. The van der Waals surface area contributed by atoms with Gasteiger partial charge in [-0.25, -0.2) is 0 Å². The molecule has 0 aliphatic heterocycles. The predicted molar refractivity (Wildman–Crippen MR) is 86.9 cm³/mol. The number of aryl methyl sites for hydroxylation is 1. The lowest BCUT2D eigenvalue weighted by molar-refractivity contribution is 0.0740. The molecule has 0 saturated heterocycles. The van der Waals surface area contributed by atoms with E-state index in [1.54, 1.807) is 18.6 Å². The van der Waals surface area contributed by atoms with Crippen LogP contribution in [0.15, 0.2) is 76.4 Å². The molecule has 3 aromatic rings. The fourth-order valence-corrected chi connectivity index (χ4v) is 2.54. The normalized spacial score (nSPS) is 10.6. The highest BCUT2D eigenvalue weighted by molar-refractivity contribution is 5.93. The molecule has 0 radical (unpaired) electrons. The second-order valence-corrected chi connectivity index (χ2v) is 5.46. The maximum Gasteiger partial charge on any atom is 0.257 e. The molecule has 0 spiro atoms. The van der Waals surface area contributed by atoms with Crippen LogP contribution in [0.3, 0.4) is 0 Å². The van der Waals surface area contributed by atoms with E-state index in [1.165, 1.54) is 18.1 Å². The number of hydrogen-bond acceptors (Lipinski definition) is 3. The fourth-order valence-electron chi connectivity index (χ4n) is 2.54. The number of rotatable bonds is 7. The summed E-state index contributed by atoms with van der Waals surface area (Å²) in [6, 6.07) is 13.9. The zero-order valence-corrected chi connectivity index (χ0v) is 12.9. The second kappa shape index (κ2) is 7.49. The summed E-state index contributed by atoms with van der Waals surface area (Å²) >= 11 is 0. The number of hydrogen-bond donors (Lipinski definition) is 0. The minimum absolute atomic E-state index is 0.0204. The standard InChI is InChI=1S/C19H19NO3/c21-19(18-9-12-23-15-18)20(13-17-8-11-22-14-17)10-4-7-16-5-2-1-3-6-16/h1-3,5-6,8-9,11-12,14-15H,4,7,10,13H2. The summed E-state index contributed by atoms with van der Waals surface area (Å²) in [5.74, 6) is -0.0204. The number of benzene rings is 1. The monoisotopic (exact) mass is 309 g/mol. The van der Waals surface area contributed by atoms with Crippen molar-refractivity contribution in [1.82, 2.24) is 4.90 Å². The average molecular weight is 309 g/mol. The zero-order chi connectivity index (χ0) is 15.9. The maximum absolute atomic E-state index is 12.6. The number of carbonyl (C=O) groups is 1. The molecule has 4 heteroatoms. The van der Waals surface area contributed by atoms with Crippen molar-refractivity contribution in [3.8, 4) is 0 Å². The number of carbonyl (C=O) groups excluding carboxylic acids is 1. The molecule has 0 unspecified atom stereocenters. The van der Waals surface area contributed by atoms with Gasteiger partial charge in [-0.3, -0.25) is 4.79 Å². The molecular weight excluding hydrogens is 290 g/mol. The summed E-state index contributed by atoms with van der Waals surface area (Å²) in [6.45, 7) is 1.22. The first-order valence-corrected chi connectivity index (χ1v) is 7.69. The van der Waals surface area contributed by atoms with Crippen molar-refractivity contribution in [1.29, 1.82) is 0 Å². The van der Waals surface area contributed by atoms with E-state index >= 15 is 0 Å². The van der Waals surface area contributed by atoms with Crippen LogP contribution >= 0.6 is 0 Å². The molecule has 0 saturated carbocycles. The molecule has 0 bridgehead atoms. The topological polar surface area (TPSA) is 46.6 Å². The molecule has 2 heterocycles. The van der Waals surface area contributed by atoms with E-state index < -0.39 is 0 Å². The number of furan rings is 2. The highest BCUT2D eigenvalue weighted by atomic mass is 16.3. The van der Waals surface area contributed by atoms with Gasteiger partial charge >= 0.3 is 0 Å². The van der Waals surface area contributed by atoms with Crippen molar-refractivity contribution < 1.29 is 13.6 Å². The second-order valence-electron chi connectivity index (χ2n) is 5.46. The molecule has 0 aliphatic rings. The SMILES string of the molecule is O=C(c1ccoc1)N(CCCc1ccccc1)Cc1ccoc1. The Labute approximate surface area is 135 Å². The Balaban J connectivity index is 1.64. The van der Waals surface area contributed by atoms with Crippen LogP contribution in [0.25, 0.3) is 0 Å². The summed E-state index contributed by atoms with van der Waals surface area (Å²) in [7, 11) is 0. The van der Waals surface area contributed by atoms with Crippen LogP contribution in [0.5, 0.6) is 0 Å². The van der Waals surface area contributed by atoms with Crippen LogP contribution in [0.2, 0.25) is 0 Å². The van der Waals surface area contributed by atoms with Gasteiger partial charge in [0.05, 0.1) is 24.4 Å². The Bertz CT molecular complexity index is 702. The third kappa shape index (κ3) is 4.13. The van der Waals surface area contributed by atoms with E-state index in [9.17, 15) is 4.79 Å². The van der Waals surface area contributed by atoms with Gasteiger partial charge in [0.2, 0.25) is 0 Å². The molecule has 0 fully saturated rings. The molecular formula is C19H19NO3. The average Bonchev–Trinajstić information content (AvgIpc) is 3.28. The van der Waals surface area contributed by atoms with Crippen LogP contribution in [0, 0.1) is 0 Å². The Morgan fingerprint density at radius 1 is 0.913 bits per heavy atom. The van der Waals surface area contributed by atoms with Crippen molar-refractivity contribution in [3.05, 3.63) is 84.2 Å². The van der Waals surface area contributed by atoms with Crippen molar-refractivity contribution >= 4 is 5.91 Å². The maximum atomic E-state index is 12.6. The van der Waals surface area contributed by atoms with Crippen LogP contribution in [-0.2, 0) is 13.0 Å². The Morgan fingerprint density at radius 3 is 2.39 bits per heavy atom. The van der Waals surface area contributed by atoms with Crippen molar-refractivity contribution in [3.63, 3.8) is 0 Å². The zero-order valence-electron chi connectivity index (χ0n) is 12.9. The third-order valence-electron chi connectivity index (χ3n) is 3.75. The first kappa shape index (κ1) is 15.2. The van der Waals surface area contributed by atoms with E-state index in [2.05, 4.69) is 12.1 Å². The van der Waals surface area contributed by atoms with E-state index in [-0.39, 0.29) is 5.91 Å². The first-order valence-electron chi connectivity index (χ1n) is 7.69. The molecule has 2 aromatic heterocycles. The number of nitrogens with zero attached hydrogens (tertiary/aromatic N) is 1. The summed E-state index contributed by atoms with van der Waals surface area (Å²) in [6.07, 6.45) is 8.16. The van der Waals surface area contributed by atoms with Gasteiger partial charge in [-0.1, -0.05) is 30.3 Å². The lowest BCUT2D eigenvalue weighted by Gasteiger charge is -2.21. The molecule has 1 aromatic carbocycles. The van der Waals surface area contributed by atoms with E-state index in [0.717, 1.165) is 18.4 Å². The molecule has 0 N–H and O–H groups in total.